The molecule has 3 fully saturated rings. The number of halogens is 3. The van der Waals surface area contributed by atoms with Crippen LogP contribution in [0.25, 0.3) is 0 Å². The van der Waals surface area contributed by atoms with Gasteiger partial charge in [0.2, 0.25) is 0 Å². The van der Waals surface area contributed by atoms with Crippen LogP contribution in [-0.2, 0) is 4.43 Å². The van der Waals surface area contributed by atoms with Crippen LogP contribution in [0.15, 0.2) is 12.2 Å². The van der Waals surface area contributed by atoms with Gasteiger partial charge in [-0.2, -0.15) is 13.2 Å². The van der Waals surface area contributed by atoms with Gasteiger partial charge in [-0.15, -0.1) is 0 Å². The summed E-state index contributed by atoms with van der Waals surface area (Å²) in [6.07, 6.45) is 7.36. The molecule has 0 aromatic carbocycles. The zero-order chi connectivity index (χ0) is 20.6. The van der Waals surface area contributed by atoms with Crippen molar-refractivity contribution in [2.24, 2.45) is 34.5 Å². The van der Waals surface area contributed by atoms with Gasteiger partial charge in [-0.25, -0.2) is 0 Å². The Kier molecular flexibility index (Phi) is 4.76. The minimum Gasteiger partial charge on any atom is -0.403 e. The van der Waals surface area contributed by atoms with Gasteiger partial charge in [-0.05, 0) is 100 Å². The summed E-state index contributed by atoms with van der Waals surface area (Å²) in [5.41, 5.74) is -2.44. The highest BCUT2D eigenvalue weighted by molar-refractivity contribution is 6.69. The van der Waals surface area contributed by atoms with Crippen LogP contribution in [0.1, 0.15) is 65.2 Å². The second-order valence-corrected chi connectivity index (χ2v) is 16.0. The lowest BCUT2D eigenvalue weighted by Gasteiger charge is -2.61. The number of fused-ring (bicyclic) bond motifs is 5. The maximum atomic E-state index is 14.6. The molecule has 4 aliphatic rings. The van der Waals surface area contributed by atoms with Crippen molar-refractivity contribution in [1.82, 2.24) is 0 Å². The Balaban J connectivity index is 1.71. The predicted octanol–water partition coefficient (Wildman–Crippen LogP) is 7.35. The van der Waals surface area contributed by atoms with E-state index in [1.165, 1.54) is 6.42 Å². The van der Waals surface area contributed by atoms with Gasteiger partial charge in [-0.3, -0.25) is 0 Å². The highest BCUT2D eigenvalue weighted by Gasteiger charge is 2.74. The van der Waals surface area contributed by atoms with Crippen molar-refractivity contribution in [3.63, 3.8) is 0 Å². The molecule has 0 spiro atoms. The zero-order valence-electron chi connectivity index (χ0n) is 18.2. The van der Waals surface area contributed by atoms with Gasteiger partial charge in [0.1, 0.15) is 0 Å². The summed E-state index contributed by atoms with van der Waals surface area (Å²) >= 11 is 0. The molecular weight excluding hydrogens is 377 g/mol. The lowest BCUT2D eigenvalue weighted by Crippen LogP contribution is -2.64. The molecule has 0 aromatic heterocycles. The topological polar surface area (TPSA) is 9.23 Å². The molecule has 5 heteroatoms. The molecule has 7 atom stereocenters. The van der Waals surface area contributed by atoms with Crippen LogP contribution in [0.3, 0.4) is 0 Å². The van der Waals surface area contributed by atoms with Crippen molar-refractivity contribution in [3.8, 4) is 0 Å². The van der Waals surface area contributed by atoms with Crippen molar-refractivity contribution >= 4 is 8.32 Å². The van der Waals surface area contributed by atoms with E-state index in [4.69, 9.17) is 4.43 Å². The first-order valence-electron chi connectivity index (χ1n) is 11.3. The van der Waals surface area contributed by atoms with Gasteiger partial charge in [0.15, 0.2) is 13.9 Å². The van der Waals surface area contributed by atoms with Crippen molar-refractivity contribution in [1.29, 1.82) is 0 Å². The summed E-state index contributed by atoms with van der Waals surface area (Å²) in [6, 6.07) is 0. The Morgan fingerprint density at radius 3 is 2.25 bits per heavy atom. The minimum absolute atomic E-state index is 0.146. The van der Waals surface area contributed by atoms with Gasteiger partial charge < -0.3 is 4.43 Å². The predicted molar refractivity (Wildman–Crippen MR) is 109 cm³/mol. The third-order valence-corrected chi connectivity index (χ3v) is 10.2. The maximum absolute atomic E-state index is 14.6. The van der Waals surface area contributed by atoms with E-state index < -0.39 is 25.5 Å². The van der Waals surface area contributed by atoms with Gasteiger partial charge in [0, 0.05) is 5.41 Å². The molecule has 160 valence electrons. The molecule has 0 radical (unpaired) electrons. The van der Waals surface area contributed by atoms with Gasteiger partial charge in [-0.1, -0.05) is 26.0 Å². The van der Waals surface area contributed by atoms with E-state index in [0.717, 1.165) is 31.6 Å². The molecule has 3 saturated carbocycles. The average molecular weight is 415 g/mol. The normalized spacial score (nSPS) is 48.7. The Hall–Kier alpha value is -0.293. The van der Waals surface area contributed by atoms with Crippen LogP contribution in [0.5, 0.6) is 0 Å². The Morgan fingerprint density at radius 2 is 1.61 bits per heavy atom. The standard InChI is InChI=1S/C23H37F3OSi/c1-20-13-7-6-8-16(20)9-10-17-18(20)11-14-21(2)19(17)12-15-22(21,23(24,25)26)27-28(3,4)5/h6-7,16-19H,8-15H2,1-5H3/t16?,17-,18-,19+,20+,21+,22?/m1/s1. The third-order valence-electron chi connectivity index (χ3n) is 9.27. The van der Waals surface area contributed by atoms with Crippen LogP contribution >= 0.6 is 0 Å². The van der Waals surface area contributed by atoms with Crippen molar-refractivity contribution in [3.05, 3.63) is 12.2 Å². The fourth-order valence-corrected chi connectivity index (χ4v) is 9.55. The first kappa shape index (κ1) is 21.0. The Morgan fingerprint density at radius 1 is 0.929 bits per heavy atom. The molecule has 0 N–H and O–H groups in total. The Bertz CT molecular complexity index is 653. The van der Waals surface area contributed by atoms with Crippen LogP contribution in [0.4, 0.5) is 13.2 Å². The molecule has 0 saturated heterocycles. The van der Waals surface area contributed by atoms with Crippen LogP contribution in [0, 0.1) is 34.5 Å². The summed E-state index contributed by atoms with van der Waals surface area (Å²) in [5.74, 6) is 1.87. The number of hydrogen-bond acceptors (Lipinski definition) is 1. The molecule has 4 rings (SSSR count). The summed E-state index contributed by atoms with van der Waals surface area (Å²) in [7, 11) is -2.34. The summed E-state index contributed by atoms with van der Waals surface area (Å²) in [4.78, 5) is 0. The highest BCUT2D eigenvalue weighted by atomic mass is 28.4. The second-order valence-electron chi connectivity index (χ2n) is 11.6. The monoisotopic (exact) mass is 414 g/mol. The van der Waals surface area contributed by atoms with E-state index in [0.29, 0.717) is 24.7 Å². The number of hydrogen-bond donors (Lipinski definition) is 0. The smallest absolute Gasteiger partial charge is 0.403 e. The molecule has 0 aromatic rings. The number of alkyl halides is 3. The van der Waals surface area contributed by atoms with Crippen molar-refractivity contribution in [2.75, 3.05) is 0 Å². The molecule has 0 aliphatic heterocycles. The summed E-state index contributed by atoms with van der Waals surface area (Å²) in [6.45, 7) is 10.1. The molecular formula is C23H37F3OSi. The lowest BCUT2D eigenvalue weighted by atomic mass is 9.45. The van der Waals surface area contributed by atoms with E-state index >= 15 is 0 Å². The van der Waals surface area contributed by atoms with Crippen LogP contribution in [0.2, 0.25) is 19.6 Å². The van der Waals surface area contributed by atoms with E-state index in [-0.39, 0.29) is 17.8 Å². The molecule has 2 unspecified atom stereocenters. The largest absolute Gasteiger partial charge is 0.416 e. The van der Waals surface area contributed by atoms with Crippen molar-refractivity contribution in [2.45, 2.75) is 96.6 Å². The van der Waals surface area contributed by atoms with Crippen LogP contribution < -0.4 is 0 Å². The molecule has 0 bridgehead atoms. The van der Waals surface area contributed by atoms with E-state index in [2.05, 4.69) is 19.1 Å². The number of allylic oxidation sites excluding steroid dienone is 2. The van der Waals surface area contributed by atoms with Crippen molar-refractivity contribution < 1.29 is 17.6 Å². The highest BCUT2D eigenvalue weighted by Crippen LogP contribution is 2.71. The molecule has 0 heterocycles. The molecule has 1 nitrogen and oxygen atoms in total. The quantitative estimate of drug-likeness (QED) is 0.339. The average Bonchev–Trinajstić information content (AvgIpc) is 2.86. The molecule has 0 amide bonds. The maximum Gasteiger partial charge on any atom is 0.416 e. The minimum atomic E-state index is -4.29. The first-order valence-corrected chi connectivity index (χ1v) is 14.7. The van der Waals surface area contributed by atoms with Gasteiger partial charge >= 0.3 is 6.18 Å². The third kappa shape index (κ3) is 2.81. The fraction of sp³-hybridized carbons (Fsp3) is 0.913. The SMILES string of the molecule is C[C@]12CC=CCC1CC[C@@H]1[C@H]2CC[C@@]2(C)[C@H]1CCC2(O[Si](C)(C)C)C(F)(F)F. The lowest BCUT2D eigenvalue weighted by molar-refractivity contribution is -0.296. The van der Waals surface area contributed by atoms with E-state index in [9.17, 15) is 13.2 Å². The summed E-state index contributed by atoms with van der Waals surface area (Å²) in [5, 5.41) is 0. The fourth-order valence-electron chi connectivity index (χ4n) is 8.05. The van der Waals surface area contributed by atoms with E-state index in [1.807, 2.05) is 26.6 Å². The van der Waals surface area contributed by atoms with Gasteiger partial charge in [0.05, 0.1) is 0 Å². The zero-order valence-corrected chi connectivity index (χ0v) is 19.2. The molecule has 4 aliphatic carbocycles. The van der Waals surface area contributed by atoms with E-state index in [1.54, 1.807) is 0 Å². The number of rotatable bonds is 2. The van der Waals surface area contributed by atoms with Crippen LogP contribution in [-0.4, -0.2) is 20.1 Å². The van der Waals surface area contributed by atoms with Gasteiger partial charge in [0.25, 0.3) is 0 Å². The first-order chi connectivity index (χ1) is 12.8. The second kappa shape index (κ2) is 6.35. The molecule has 28 heavy (non-hydrogen) atoms. The Labute approximate surface area is 169 Å². The summed E-state index contributed by atoms with van der Waals surface area (Å²) < 4.78 is 50.0.